The molecule has 164 valence electrons. The van der Waals surface area contributed by atoms with Gasteiger partial charge in [0, 0.05) is 35.3 Å². The van der Waals surface area contributed by atoms with E-state index in [9.17, 15) is 14.0 Å². The number of carbonyl (C=O) groups is 2. The molecule has 1 atom stereocenters. The van der Waals surface area contributed by atoms with Crippen LogP contribution in [-0.2, 0) is 22.7 Å². The number of amides is 2. The van der Waals surface area contributed by atoms with Crippen LogP contribution in [-0.4, -0.2) is 22.8 Å². The van der Waals surface area contributed by atoms with Crippen LogP contribution in [0.25, 0.3) is 0 Å². The van der Waals surface area contributed by atoms with E-state index >= 15 is 0 Å². The minimum atomic E-state index is -0.612. The third-order valence-electron chi connectivity index (χ3n) is 6.02. The van der Waals surface area contributed by atoms with Crippen molar-refractivity contribution in [3.63, 3.8) is 0 Å². The molecule has 2 aromatic carbocycles. The van der Waals surface area contributed by atoms with Crippen LogP contribution in [0.15, 0.2) is 36.4 Å². The Hall–Kier alpha value is -2.60. The van der Waals surface area contributed by atoms with Crippen LogP contribution in [0, 0.1) is 11.7 Å². The number of anilines is 1. The number of rotatable bonds is 5. The molecular formula is C24H26ClFN2O3. The molecule has 0 bridgehead atoms. The van der Waals surface area contributed by atoms with Gasteiger partial charge in [0.2, 0.25) is 5.91 Å². The average molecular weight is 445 g/mol. The number of nitrogens with one attached hydrogen (secondary N) is 1. The maximum Gasteiger partial charge on any atom is 0.264 e. The largest absolute Gasteiger partial charge is 0.480 e. The summed E-state index contributed by atoms with van der Waals surface area (Å²) in [6.07, 6.45) is 3.96. The molecule has 7 heteroatoms. The summed E-state index contributed by atoms with van der Waals surface area (Å²) in [5.41, 5.74) is 2.17. The molecular weight excluding hydrogens is 419 g/mol. The van der Waals surface area contributed by atoms with Gasteiger partial charge in [-0.05, 0) is 55.2 Å². The SMILES string of the molecule is CC[C@@H]1Oc2ccc(NC(=O)C3CCCC3)cc2CN(Cc2ccc(F)cc2Cl)C1=O. The topological polar surface area (TPSA) is 58.6 Å². The second-order valence-corrected chi connectivity index (χ2v) is 8.65. The maximum atomic E-state index is 13.4. The van der Waals surface area contributed by atoms with Crippen LogP contribution in [0.3, 0.4) is 0 Å². The number of nitrogens with zero attached hydrogens (tertiary/aromatic N) is 1. The van der Waals surface area contributed by atoms with E-state index in [1.165, 1.54) is 12.1 Å². The van der Waals surface area contributed by atoms with Crippen LogP contribution < -0.4 is 10.1 Å². The van der Waals surface area contributed by atoms with Gasteiger partial charge in [-0.25, -0.2) is 4.39 Å². The fourth-order valence-electron chi connectivity index (χ4n) is 4.27. The first-order chi connectivity index (χ1) is 14.9. The summed E-state index contributed by atoms with van der Waals surface area (Å²) in [5, 5.41) is 3.29. The van der Waals surface area contributed by atoms with E-state index in [4.69, 9.17) is 16.3 Å². The lowest BCUT2D eigenvalue weighted by atomic mass is 10.1. The van der Waals surface area contributed by atoms with Crippen molar-refractivity contribution in [3.8, 4) is 5.75 Å². The summed E-state index contributed by atoms with van der Waals surface area (Å²) in [5.74, 6) is 0.184. The maximum absolute atomic E-state index is 13.4. The highest BCUT2D eigenvalue weighted by Gasteiger charge is 2.31. The van der Waals surface area contributed by atoms with Gasteiger partial charge < -0.3 is 15.0 Å². The van der Waals surface area contributed by atoms with Crippen LogP contribution >= 0.6 is 11.6 Å². The summed E-state index contributed by atoms with van der Waals surface area (Å²) < 4.78 is 19.4. The summed E-state index contributed by atoms with van der Waals surface area (Å²) in [6, 6.07) is 9.67. The van der Waals surface area contributed by atoms with Crippen molar-refractivity contribution >= 4 is 29.1 Å². The van der Waals surface area contributed by atoms with Crippen LogP contribution in [0.5, 0.6) is 5.75 Å². The molecule has 1 fully saturated rings. The minimum absolute atomic E-state index is 0.0458. The summed E-state index contributed by atoms with van der Waals surface area (Å²) >= 11 is 6.20. The second-order valence-electron chi connectivity index (χ2n) is 8.24. The molecule has 0 spiro atoms. The van der Waals surface area contributed by atoms with Gasteiger partial charge in [-0.2, -0.15) is 0 Å². The summed E-state index contributed by atoms with van der Waals surface area (Å²) in [6.45, 7) is 2.45. The predicted molar refractivity (Wildman–Crippen MR) is 117 cm³/mol. The number of halogens is 2. The number of hydrogen-bond donors (Lipinski definition) is 1. The Morgan fingerprint density at radius 1 is 1.23 bits per heavy atom. The van der Waals surface area contributed by atoms with E-state index in [1.54, 1.807) is 11.0 Å². The molecule has 1 aliphatic carbocycles. The minimum Gasteiger partial charge on any atom is -0.480 e. The predicted octanol–water partition coefficient (Wildman–Crippen LogP) is 5.31. The highest BCUT2D eigenvalue weighted by atomic mass is 35.5. The number of fused-ring (bicyclic) bond motifs is 1. The molecule has 4 rings (SSSR count). The Bertz CT molecular complexity index is 991. The molecule has 0 aromatic heterocycles. The van der Waals surface area contributed by atoms with E-state index in [2.05, 4.69) is 5.32 Å². The molecule has 1 saturated carbocycles. The fraction of sp³-hybridized carbons (Fsp3) is 0.417. The van der Waals surface area contributed by atoms with Gasteiger partial charge in [0.15, 0.2) is 6.10 Å². The average Bonchev–Trinajstić information content (AvgIpc) is 3.25. The van der Waals surface area contributed by atoms with E-state index in [0.29, 0.717) is 30.0 Å². The van der Waals surface area contributed by atoms with Crippen molar-refractivity contribution in [1.82, 2.24) is 4.90 Å². The third kappa shape index (κ3) is 4.85. The highest BCUT2D eigenvalue weighted by Crippen LogP contribution is 2.32. The molecule has 0 radical (unpaired) electrons. The Labute approximate surface area is 186 Å². The van der Waals surface area contributed by atoms with E-state index in [0.717, 1.165) is 31.2 Å². The van der Waals surface area contributed by atoms with Crippen LogP contribution in [0.1, 0.15) is 50.2 Å². The van der Waals surface area contributed by atoms with Crippen molar-refractivity contribution < 1.29 is 18.7 Å². The summed E-state index contributed by atoms with van der Waals surface area (Å²) in [7, 11) is 0. The van der Waals surface area contributed by atoms with Crippen LogP contribution in [0.2, 0.25) is 5.02 Å². The quantitative estimate of drug-likeness (QED) is 0.680. The smallest absolute Gasteiger partial charge is 0.264 e. The molecule has 2 aromatic rings. The Morgan fingerprint density at radius 2 is 2.00 bits per heavy atom. The lowest BCUT2D eigenvalue weighted by Crippen LogP contribution is -2.38. The normalized spacial score (nSPS) is 19.0. The van der Waals surface area contributed by atoms with Crippen molar-refractivity contribution in [3.05, 3.63) is 58.4 Å². The van der Waals surface area contributed by atoms with E-state index < -0.39 is 11.9 Å². The lowest BCUT2D eigenvalue weighted by molar-refractivity contribution is -0.139. The zero-order valence-electron chi connectivity index (χ0n) is 17.5. The van der Waals surface area contributed by atoms with Crippen molar-refractivity contribution in [2.45, 2.75) is 58.2 Å². The number of benzene rings is 2. The van der Waals surface area contributed by atoms with Gasteiger partial charge in [0.05, 0.1) is 0 Å². The fourth-order valence-corrected chi connectivity index (χ4v) is 4.49. The molecule has 2 aliphatic rings. The van der Waals surface area contributed by atoms with Gasteiger partial charge in [0.1, 0.15) is 11.6 Å². The van der Waals surface area contributed by atoms with Gasteiger partial charge in [-0.3, -0.25) is 9.59 Å². The van der Waals surface area contributed by atoms with Crippen LogP contribution in [0.4, 0.5) is 10.1 Å². The number of carbonyl (C=O) groups excluding carboxylic acids is 2. The number of ether oxygens (including phenoxy) is 1. The summed E-state index contributed by atoms with van der Waals surface area (Å²) in [4.78, 5) is 27.3. The lowest BCUT2D eigenvalue weighted by Gasteiger charge is -2.24. The Morgan fingerprint density at radius 3 is 2.71 bits per heavy atom. The molecule has 2 amide bonds. The molecule has 5 nitrogen and oxygen atoms in total. The Kier molecular flexibility index (Phi) is 6.46. The first-order valence-electron chi connectivity index (χ1n) is 10.8. The highest BCUT2D eigenvalue weighted by molar-refractivity contribution is 6.31. The van der Waals surface area contributed by atoms with Gasteiger partial charge in [0.25, 0.3) is 5.91 Å². The van der Waals surface area contributed by atoms with Gasteiger partial charge >= 0.3 is 0 Å². The van der Waals surface area contributed by atoms with Crippen molar-refractivity contribution in [2.24, 2.45) is 5.92 Å². The molecule has 1 N–H and O–H groups in total. The third-order valence-corrected chi connectivity index (χ3v) is 6.37. The second kappa shape index (κ2) is 9.27. The molecule has 0 saturated heterocycles. The molecule has 1 aliphatic heterocycles. The van der Waals surface area contributed by atoms with Crippen molar-refractivity contribution in [2.75, 3.05) is 5.32 Å². The monoisotopic (exact) mass is 444 g/mol. The molecule has 0 unspecified atom stereocenters. The van der Waals surface area contributed by atoms with Gasteiger partial charge in [-0.1, -0.05) is 37.4 Å². The zero-order valence-corrected chi connectivity index (χ0v) is 18.3. The number of hydrogen-bond acceptors (Lipinski definition) is 3. The first kappa shape index (κ1) is 21.6. The van der Waals surface area contributed by atoms with E-state index in [-0.39, 0.29) is 29.3 Å². The zero-order chi connectivity index (χ0) is 22.0. The molecule has 1 heterocycles. The Balaban J connectivity index is 1.58. The van der Waals surface area contributed by atoms with E-state index in [1.807, 2.05) is 25.1 Å². The van der Waals surface area contributed by atoms with Gasteiger partial charge in [-0.15, -0.1) is 0 Å². The van der Waals surface area contributed by atoms with Crippen molar-refractivity contribution in [1.29, 1.82) is 0 Å². The molecule has 31 heavy (non-hydrogen) atoms. The standard InChI is InChI=1S/C24H26ClFN2O3/c1-2-21-24(30)28(13-16-7-8-18(26)12-20(16)25)14-17-11-19(9-10-22(17)31-21)27-23(29)15-5-3-4-6-15/h7-12,15,21H,2-6,13-14H2,1H3,(H,27,29)/t21-/m0/s1. The first-order valence-corrected chi connectivity index (χ1v) is 11.2.